The lowest BCUT2D eigenvalue weighted by molar-refractivity contribution is 0.0963. The summed E-state index contributed by atoms with van der Waals surface area (Å²) in [7, 11) is 0. The molecule has 2 heterocycles. The third-order valence-corrected chi connectivity index (χ3v) is 7.64. The quantitative estimate of drug-likeness (QED) is 0.376. The van der Waals surface area contributed by atoms with Crippen molar-refractivity contribution in [3.05, 3.63) is 86.5 Å². The molecule has 0 spiro atoms. The van der Waals surface area contributed by atoms with Gasteiger partial charge in [0.2, 0.25) is 0 Å². The number of ketones is 1. The van der Waals surface area contributed by atoms with E-state index in [0.29, 0.717) is 14.9 Å². The number of fused-ring (bicyclic) bond motifs is 1. The first-order valence-electron chi connectivity index (χ1n) is 8.75. The van der Waals surface area contributed by atoms with Crippen LogP contribution in [0.25, 0.3) is 10.2 Å². The number of benzene rings is 2. The number of hydrogen-bond donors (Lipinski definition) is 0. The molecule has 0 bridgehead atoms. The van der Waals surface area contributed by atoms with Crippen LogP contribution in [0.15, 0.2) is 66.0 Å². The number of aromatic nitrogens is 1. The molecule has 0 aliphatic heterocycles. The molecule has 136 valence electrons. The molecule has 0 saturated heterocycles. The van der Waals surface area contributed by atoms with Gasteiger partial charge in [0.1, 0.15) is 10.4 Å². The second-order valence-corrected chi connectivity index (χ2v) is 9.23. The van der Waals surface area contributed by atoms with Gasteiger partial charge >= 0.3 is 0 Å². The Morgan fingerprint density at radius 2 is 1.89 bits per heavy atom. The first kappa shape index (κ1) is 17.6. The average Bonchev–Trinajstić information content (AvgIpc) is 3.08. The van der Waals surface area contributed by atoms with Gasteiger partial charge in [-0.25, -0.2) is 4.98 Å². The van der Waals surface area contributed by atoms with Crippen molar-refractivity contribution < 1.29 is 4.79 Å². The zero-order valence-corrected chi connectivity index (χ0v) is 16.9. The number of thiazole rings is 1. The van der Waals surface area contributed by atoms with E-state index in [-0.39, 0.29) is 11.7 Å². The monoisotopic (exact) mass is 420 g/mol. The fourth-order valence-electron chi connectivity index (χ4n) is 3.95. The fourth-order valence-corrected chi connectivity index (χ4v) is 5.96. The Morgan fingerprint density at radius 3 is 2.57 bits per heavy atom. The summed E-state index contributed by atoms with van der Waals surface area (Å²) in [6.07, 6.45) is 0. The molecule has 2 aromatic carbocycles. The summed E-state index contributed by atoms with van der Waals surface area (Å²) in [6.45, 7) is 0. The Hall–Kier alpha value is -2.52. The van der Waals surface area contributed by atoms with E-state index in [9.17, 15) is 10.1 Å². The summed E-state index contributed by atoms with van der Waals surface area (Å²) < 4.78 is 1.02. The molecule has 1 saturated carbocycles. The highest BCUT2D eigenvalue weighted by atomic mass is 35.5. The molecular formula is C22H13ClN2OS2. The molecule has 4 aromatic rings. The highest BCUT2D eigenvalue weighted by molar-refractivity contribution is 7.18. The second-order valence-electron chi connectivity index (χ2n) is 6.82. The maximum absolute atomic E-state index is 13.3. The van der Waals surface area contributed by atoms with Crippen LogP contribution >= 0.6 is 34.3 Å². The summed E-state index contributed by atoms with van der Waals surface area (Å²) >= 11 is 8.97. The standard InChI is InChI=1S/C22H13ClN2OS2/c23-14-9-7-13(8-10-14)18-19(20(26)17-6-3-11-27-17)22(18,12-24)21-25-15-4-1-2-5-16(15)28-21/h1-11,18-19H/t18-,19+,22+/m1/s1. The first-order valence-corrected chi connectivity index (χ1v) is 10.8. The maximum atomic E-state index is 13.3. The predicted molar refractivity (Wildman–Crippen MR) is 113 cm³/mol. The van der Waals surface area contributed by atoms with Crippen LogP contribution in [-0.2, 0) is 5.41 Å². The second kappa shape index (κ2) is 6.52. The van der Waals surface area contributed by atoms with Crippen molar-refractivity contribution in [3.63, 3.8) is 0 Å². The van der Waals surface area contributed by atoms with E-state index in [2.05, 4.69) is 6.07 Å². The zero-order valence-electron chi connectivity index (χ0n) is 14.5. The van der Waals surface area contributed by atoms with Crippen molar-refractivity contribution in [3.8, 4) is 6.07 Å². The third-order valence-electron chi connectivity index (χ3n) is 5.31. The average molecular weight is 421 g/mol. The molecule has 3 atom stereocenters. The summed E-state index contributed by atoms with van der Waals surface area (Å²) in [6, 6.07) is 21.4. The van der Waals surface area contributed by atoms with E-state index in [1.54, 1.807) is 0 Å². The van der Waals surface area contributed by atoms with E-state index in [4.69, 9.17) is 16.6 Å². The van der Waals surface area contributed by atoms with Gasteiger partial charge in [-0.2, -0.15) is 5.26 Å². The summed E-state index contributed by atoms with van der Waals surface area (Å²) in [5.74, 6) is -0.668. The number of carbonyl (C=O) groups excluding carboxylic acids is 1. The molecule has 5 rings (SSSR count). The van der Waals surface area contributed by atoms with Crippen molar-refractivity contribution in [2.75, 3.05) is 0 Å². The van der Waals surface area contributed by atoms with E-state index in [0.717, 1.165) is 15.8 Å². The minimum atomic E-state index is -0.946. The number of halogens is 1. The number of Topliss-reactive ketones (excluding diaryl/α,β-unsaturated/α-hetero) is 1. The van der Waals surface area contributed by atoms with Gasteiger partial charge in [0.05, 0.1) is 27.1 Å². The van der Waals surface area contributed by atoms with Gasteiger partial charge in [-0.15, -0.1) is 22.7 Å². The third kappa shape index (κ3) is 2.53. The molecule has 0 amide bonds. The Morgan fingerprint density at radius 1 is 1.11 bits per heavy atom. The molecule has 1 aliphatic carbocycles. The van der Waals surface area contributed by atoms with Gasteiger partial charge in [-0.05, 0) is 41.3 Å². The van der Waals surface area contributed by atoms with Crippen LogP contribution in [0.2, 0.25) is 5.02 Å². The molecule has 1 aliphatic rings. The lowest BCUT2D eigenvalue weighted by atomic mass is 10.0. The van der Waals surface area contributed by atoms with Crippen molar-refractivity contribution in [1.82, 2.24) is 4.98 Å². The van der Waals surface area contributed by atoms with Gasteiger partial charge in [0, 0.05) is 10.9 Å². The van der Waals surface area contributed by atoms with Gasteiger partial charge in [0.25, 0.3) is 0 Å². The number of nitriles is 1. The largest absolute Gasteiger partial charge is 0.293 e. The molecule has 28 heavy (non-hydrogen) atoms. The van der Waals surface area contributed by atoms with E-state index in [1.807, 2.05) is 66.0 Å². The Bertz CT molecular complexity index is 1190. The minimum absolute atomic E-state index is 0.00996. The van der Waals surface area contributed by atoms with E-state index in [1.165, 1.54) is 22.7 Å². The van der Waals surface area contributed by atoms with Gasteiger partial charge in [0.15, 0.2) is 5.78 Å². The molecule has 0 unspecified atom stereocenters. The smallest absolute Gasteiger partial charge is 0.178 e. The lowest BCUT2D eigenvalue weighted by Gasteiger charge is -2.05. The van der Waals surface area contributed by atoms with Crippen LogP contribution in [0.4, 0.5) is 0 Å². The fraction of sp³-hybridized carbons (Fsp3) is 0.136. The first-order chi connectivity index (χ1) is 13.6. The van der Waals surface area contributed by atoms with Gasteiger partial charge in [-0.1, -0.05) is 41.9 Å². The maximum Gasteiger partial charge on any atom is 0.178 e. The van der Waals surface area contributed by atoms with E-state index < -0.39 is 11.3 Å². The number of carbonyl (C=O) groups is 1. The minimum Gasteiger partial charge on any atom is -0.293 e. The Kier molecular flexibility index (Phi) is 4.09. The van der Waals surface area contributed by atoms with Crippen molar-refractivity contribution in [2.45, 2.75) is 11.3 Å². The molecule has 0 N–H and O–H groups in total. The molecule has 0 radical (unpaired) electrons. The number of hydrogen-bond acceptors (Lipinski definition) is 5. The topological polar surface area (TPSA) is 53.8 Å². The zero-order chi connectivity index (χ0) is 19.3. The van der Waals surface area contributed by atoms with Gasteiger partial charge < -0.3 is 0 Å². The van der Waals surface area contributed by atoms with Crippen molar-refractivity contribution in [2.24, 2.45) is 5.92 Å². The lowest BCUT2D eigenvalue weighted by Crippen LogP contribution is -2.13. The molecule has 6 heteroatoms. The number of thiophene rings is 1. The van der Waals surface area contributed by atoms with E-state index >= 15 is 0 Å². The number of rotatable bonds is 4. The van der Waals surface area contributed by atoms with Crippen LogP contribution in [0.3, 0.4) is 0 Å². The molecule has 1 fully saturated rings. The number of nitrogens with zero attached hydrogens (tertiary/aromatic N) is 2. The van der Waals surface area contributed by atoms with Gasteiger partial charge in [-0.3, -0.25) is 4.79 Å². The van der Waals surface area contributed by atoms with Crippen molar-refractivity contribution in [1.29, 1.82) is 5.26 Å². The number of para-hydroxylation sites is 1. The van der Waals surface area contributed by atoms with Crippen LogP contribution in [0, 0.1) is 17.2 Å². The SMILES string of the molecule is N#C[C@@]1(c2nc3ccccc3s2)[C@H](C(=O)c2cccs2)[C@H]1c1ccc(Cl)cc1. The predicted octanol–water partition coefficient (Wildman–Crippen LogP) is 6.07. The molecule has 3 nitrogen and oxygen atoms in total. The van der Waals surface area contributed by atoms with Crippen LogP contribution in [0.5, 0.6) is 0 Å². The Balaban J connectivity index is 1.67. The highest BCUT2D eigenvalue weighted by Crippen LogP contribution is 2.67. The summed E-state index contributed by atoms with van der Waals surface area (Å²) in [5.41, 5.74) is 0.861. The summed E-state index contributed by atoms with van der Waals surface area (Å²) in [5, 5.41) is 13.5. The van der Waals surface area contributed by atoms with Crippen LogP contribution in [0.1, 0.15) is 26.2 Å². The Labute approximate surface area is 174 Å². The summed E-state index contributed by atoms with van der Waals surface area (Å²) in [4.78, 5) is 18.7. The van der Waals surface area contributed by atoms with Crippen molar-refractivity contribution >= 4 is 50.3 Å². The van der Waals surface area contributed by atoms with Crippen LogP contribution in [-0.4, -0.2) is 10.8 Å². The molecular weight excluding hydrogens is 408 g/mol. The normalized spacial score (nSPS) is 23.4. The van der Waals surface area contributed by atoms with Crippen LogP contribution < -0.4 is 0 Å². The molecule has 2 aromatic heterocycles. The highest BCUT2D eigenvalue weighted by Gasteiger charge is 2.72.